The summed E-state index contributed by atoms with van der Waals surface area (Å²) in [4.78, 5) is 11.5. The fourth-order valence-electron chi connectivity index (χ4n) is 1.79. The molecule has 1 aromatic rings. The molecular formula is C14H22N2O4S. The molecule has 0 aliphatic heterocycles. The van der Waals surface area contributed by atoms with Crippen LogP contribution in [0.4, 0.5) is 0 Å². The molecule has 0 bridgehead atoms. The maximum Gasteiger partial charge on any atom is 0.257 e. The van der Waals surface area contributed by atoms with E-state index in [0.717, 1.165) is 0 Å². The number of carbonyl (C=O) groups is 1. The highest BCUT2D eigenvalue weighted by Gasteiger charge is 2.22. The van der Waals surface area contributed by atoms with Gasteiger partial charge in [-0.25, -0.2) is 13.6 Å². The van der Waals surface area contributed by atoms with Gasteiger partial charge in [0.1, 0.15) is 5.75 Å². The summed E-state index contributed by atoms with van der Waals surface area (Å²) in [5, 5.41) is 7.78. The summed E-state index contributed by atoms with van der Waals surface area (Å²) in [5.74, 6) is 0.244. The van der Waals surface area contributed by atoms with Crippen LogP contribution >= 0.6 is 0 Å². The van der Waals surface area contributed by atoms with E-state index in [0.29, 0.717) is 17.9 Å². The first kappa shape index (κ1) is 17.5. The number of nitrogens with one attached hydrogen (secondary N) is 1. The van der Waals surface area contributed by atoms with Crippen molar-refractivity contribution < 1.29 is 17.9 Å². The Kier molecular flexibility index (Phi) is 5.36. The molecule has 3 N–H and O–H groups in total. The maximum absolute atomic E-state index is 11.5. The summed E-state index contributed by atoms with van der Waals surface area (Å²) >= 11 is 0. The molecule has 7 heteroatoms. The number of rotatable bonds is 5. The van der Waals surface area contributed by atoms with E-state index in [1.165, 1.54) is 18.2 Å². The van der Waals surface area contributed by atoms with Gasteiger partial charge in [-0.1, -0.05) is 20.8 Å². The lowest BCUT2D eigenvalue weighted by atomic mass is 9.86. The van der Waals surface area contributed by atoms with E-state index >= 15 is 0 Å². The Morgan fingerprint density at radius 1 is 1.33 bits per heavy atom. The molecule has 0 radical (unpaired) electrons. The molecular weight excluding hydrogens is 292 g/mol. The maximum atomic E-state index is 11.5. The predicted octanol–water partition coefficient (Wildman–Crippen LogP) is 1.15. The zero-order valence-electron chi connectivity index (χ0n) is 12.8. The molecule has 118 valence electrons. The van der Waals surface area contributed by atoms with Crippen molar-refractivity contribution in [3.05, 3.63) is 23.8 Å². The standard InChI is InChI=1S/C14H22N2O4S/c1-5-16-13(17)9-20-12-7-6-10(21(15,18)19)8-11(12)14(2,3)4/h6-8H,5,9H2,1-4H3,(H,16,17)(H2,15,18,19). The molecule has 1 amide bonds. The molecule has 1 rings (SSSR count). The van der Waals surface area contributed by atoms with E-state index in [4.69, 9.17) is 9.88 Å². The van der Waals surface area contributed by atoms with E-state index < -0.39 is 10.0 Å². The summed E-state index contributed by atoms with van der Waals surface area (Å²) in [5.41, 5.74) is 0.329. The molecule has 0 spiro atoms. The number of amides is 1. The Balaban J connectivity index is 3.12. The van der Waals surface area contributed by atoms with Gasteiger partial charge in [-0.3, -0.25) is 4.79 Å². The van der Waals surface area contributed by atoms with E-state index in [-0.39, 0.29) is 22.8 Å². The van der Waals surface area contributed by atoms with Crippen molar-refractivity contribution in [3.63, 3.8) is 0 Å². The SMILES string of the molecule is CCNC(=O)COc1ccc(S(N)(=O)=O)cc1C(C)(C)C. The van der Waals surface area contributed by atoms with Crippen LogP contribution in [0.2, 0.25) is 0 Å². The van der Waals surface area contributed by atoms with Gasteiger partial charge in [0.2, 0.25) is 10.0 Å². The summed E-state index contributed by atoms with van der Waals surface area (Å²) < 4.78 is 28.4. The van der Waals surface area contributed by atoms with Crippen LogP contribution in [-0.2, 0) is 20.2 Å². The Bertz CT molecular complexity index is 618. The van der Waals surface area contributed by atoms with Gasteiger partial charge in [-0.05, 0) is 30.5 Å². The zero-order chi connectivity index (χ0) is 16.3. The van der Waals surface area contributed by atoms with Crippen molar-refractivity contribution in [1.29, 1.82) is 0 Å². The second-order valence-electron chi connectivity index (χ2n) is 5.70. The molecule has 0 aliphatic rings. The second-order valence-corrected chi connectivity index (χ2v) is 7.26. The number of benzene rings is 1. The number of hydrogen-bond donors (Lipinski definition) is 2. The van der Waals surface area contributed by atoms with Crippen LogP contribution in [0.1, 0.15) is 33.3 Å². The van der Waals surface area contributed by atoms with Gasteiger partial charge < -0.3 is 10.1 Å². The lowest BCUT2D eigenvalue weighted by molar-refractivity contribution is -0.123. The highest BCUT2D eigenvalue weighted by Crippen LogP contribution is 2.33. The first-order valence-corrected chi connectivity index (χ1v) is 8.17. The van der Waals surface area contributed by atoms with Gasteiger partial charge in [0.05, 0.1) is 4.90 Å². The van der Waals surface area contributed by atoms with Gasteiger partial charge in [0.25, 0.3) is 5.91 Å². The normalized spacial score (nSPS) is 12.0. The topological polar surface area (TPSA) is 98.5 Å². The average molecular weight is 314 g/mol. The van der Waals surface area contributed by atoms with Crippen molar-refractivity contribution in [2.75, 3.05) is 13.2 Å². The van der Waals surface area contributed by atoms with Crippen molar-refractivity contribution in [3.8, 4) is 5.75 Å². The minimum atomic E-state index is -3.78. The highest BCUT2D eigenvalue weighted by molar-refractivity contribution is 7.89. The Morgan fingerprint density at radius 3 is 2.43 bits per heavy atom. The highest BCUT2D eigenvalue weighted by atomic mass is 32.2. The average Bonchev–Trinajstić information content (AvgIpc) is 2.34. The van der Waals surface area contributed by atoms with E-state index in [9.17, 15) is 13.2 Å². The smallest absolute Gasteiger partial charge is 0.257 e. The molecule has 6 nitrogen and oxygen atoms in total. The summed E-state index contributed by atoms with van der Waals surface area (Å²) in [7, 11) is -3.78. The van der Waals surface area contributed by atoms with Gasteiger partial charge in [0.15, 0.2) is 6.61 Å². The molecule has 0 unspecified atom stereocenters. The molecule has 0 aliphatic carbocycles. The van der Waals surface area contributed by atoms with Crippen LogP contribution in [0, 0.1) is 0 Å². The minimum Gasteiger partial charge on any atom is -0.483 e. The second kappa shape index (κ2) is 6.44. The number of nitrogens with two attached hydrogens (primary N) is 1. The van der Waals surface area contributed by atoms with E-state index in [1.54, 1.807) is 0 Å². The van der Waals surface area contributed by atoms with Crippen LogP contribution in [-0.4, -0.2) is 27.5 Å². The van der Waals surface area contributed by atoms with Crippen molar-refractivity contribution in [1.82, 2.24) is 5.32 Å². The third-order valence-corrected chi connectivity index (χ3v) is 3.73. The van der Waals surface area contributed by atoms with Crippen molar-refractivity contribution in [2.24, 2.45) is 5.14 Å². The fourth-order valence-corrected chi connectivity index (χ4v) is 2.33. The summed E-state index contributed by atoms with van der Waals surface area (Å²) in [6, 6.07) is 4.39. The largest absolute Gasteiger partial charge is 0.483 e. The number of primary sulfonamides is 1. The van der Waals surface area contributed by atoms with E-state index in [1.807, 2.05) is 27.7 Å². The number of carbonyl (C=O) groups excluding carboxylic acids is 1. The Labute approximate surface area is 125 Å². The third kappa shape index (κ3) is 5.02. The van der Waals surface area contributed by atoms with Gasteiger partial charge in [0, 0.05) is 12.1 Å². The van der Waals surface area contributed by atoms with Crippen molar-refractivity contribution in [2.45, 2.75) is 38.0 Å². The molecule has 0 aromatic heterocycles. The fraction of sp³-hybridized carbons (Fsp3) is 0.500. The van der Waals surface area contributed by atoms with Gasteiger partial charge in [-0.2, -0.15) is 0 Å². The van der Waals surface area contributed by atoms with Crippen LogP contribution in [0.15, 0.2) is 23.1 Å². The third-order valence-electron chi connectivity index (χ3n) is 2.82. The van der Waals surface area contributed by atoms with Crippen LogP contribution in [0.3, 0.4) is 0 Å². The molecule has 1 aromatic carbocycles. The number of sulfonamides is 1. The lowest BCUT2D eigenvalue weighted by Gasteiger charge is -2.23. The number of ether oxygens (including phenoxy) is 1. The minimum absolute atomic E-state index is 0.0257. The monoisotopic (exact) mass is 314 g/mol. The van der Waals surface area contributed by atoms with Gasteiger partial charge in [-0.15, -0.1) is 0 Å². The first-order valence-electron chi connectivity index (χ1n) is 6.62. The predicted molar refractivity (Wildman–Crippen MR) is 80.7 cm³/mol. The Hall–Kier alpha value is -1.60. The molecule has 0 fully saturated rings. The van der Waals surface area contributed by atoms with E-state index in [2.05, 4.69) is 5.32 Å². The molecule has 0 heterocycles. The lowest BCUT2D eigenvalue weighted by Crippen LogP contribution is -2.29. The molecule has 21 heavy (non-hydrogen) atoms. The van der Waals surface area contributed by atoms with Crippen molar-refractivity contribution >= 4 is 15.9 Å². The zero-order valence-corrected chi connectivity index (χ0v) is 13.6. The summed E-state index contributed by atoms with van der Waals surface area (Å²) in [6.45, 7) is 8.00. The van der Waals surface area contributed by atoms with Crippen LogP contribution in [0.25, 0.3) is 0 Å². The van der Waals surface area contributed by atoms with Crippen LogP contribution < -0.4 is 15.2 Å². The van der Waals surface area contributed by atoms with Gasteiger partial charge >= 0.3 is 0 Å². The quantitative estimate of drug-likeness (QED) is 0.851. The Morgan fingerprint density at radius 2 is 1.95 bits per heavy atom. The molecule has 0 saturated carbocycles. The molecule has 0 atom stereocenters. The first-order chi connectivity index (χ1) is 9.55. The summed E-state index contributed by atoms with van der Waals surface area (Å²) in [6.07, 6.45) is 0. The number of likely N-dealkylation sites (N-methyl/N-ethyl adjacent to an activating group) is 1. The number of hydrogen-bond acceptors (Lipinski definition) is 4. The van der Waals surface area contributed by atoms with Crippen LogP contribution in [0.5, 0.6) is 5.75 Å². The molecule has 0 saturated heterocycles.